The maximum Gasteiger partial charge on any atom is 0.0633 e. The van der Waals surface area contributed by atoms with Gasteiger partial charge < -0.3 is 5.11 Å². The first kappa shape index (κ1) is 12.0. The molecule has 2 heteroatoms. The Morgan fingerprint density at radius 2 is 2.08 bits per heavy atom. The maximum absolute atomic E-state index is 9.48. The molecule has 0 aliphatic rings. The van der Waals surface area contributed by atoms with Crippen LogP contribution in [0, 0.1) is 0 Å². The fourth-order valence-electron chi connectivity index (χ4n) is 0.740. The third-order valence-electron chi connectivity index (χ3n) is 1.41. The molecule has 0 saturated heterocycles. The zero-order valence-electron chi connectivity index (χ0n) is 8.34. The fourth-order valence-corrected chi connectivity index (χ4v) is 1.60. The molecule has 0 aromatic rings. The van der Waals surface area contributed by atoms with Gasteiger partial charge in [-0.1, -0.05) is 26.8 Å². The highest BCUT2D eigenvalue weighted by molar-refractivity contribution is 8.00. The molecule has 1 N–H and O–H groups in total. The highest BCUT2D eigenvalue weighted by Crippen LogP contribution is 2.24. The first-order chi connectivity index (χ1) is 5.45. The molecule has 0 amide bonds. The second-order valence-electron chi connectivity index (χ2n) is 3.94. The van der Waals surface area contributed by atoms with Crippen LogP contribution in [0.25, 0.3) is 0 Å². The van der Waals surface area contributed by atoms with Gasteiger partial charge in [0.2, 0.25) is 0 Å². The van der Waals surface area contributed by atoms with Crippen molar-refractivity contribution in [2.75, 3.05) is 5.75 Å². The van der Waals surface area contributed by atoms with Crippen LogP contribution < -0.4 is 0 Å². The number of hydrogen-bond donors (Lipinski definition) is 1. The van der Waals surface area contributed by atoms with Gasteiger partial charge in [0.1, 0.15) is 0 Å². The summed E-state index contributed by atoms with van der Waals surface area (Å²) in [7, 11) is 0. The average Bonchev–Trinajstić information content (AvgIpc) is 1.95. The lowest BCUT2D eigenvalue weighted by Gasteiger charge is -2.19. The maximum atomic E-state index is 9.48. The van der Waals surface area contributed by atoms with Crippen molar-refractivity contribution in [1.82, 2.24) is 0 Å². The second-order valence-corrected chi connectivity index (χ2v) is 5.79. The van der Waals surface area contributed by atoms with Crippen LogP contribution in [-0.2, 0) is 0 Å². The SMILES string of the molecule is C=CCCC(O)CSC(C)(C)C. The van der Waals surface area contributed by atoms with Crippen molar-refractivity contribution in [3.63, 3.8) is 0 Å². The Morgan fingerprint density at radius 3 is 2.50 bits per heavy atom. The van der Waals surface area contributed by atoms with Gasteiger partial charge in [-0.15, -0.1) is 6.58 Å². The van der Waals surface area contributed by atoms with E-state index in [1.54, 1.807) is 0 Å². The Kier molecular flexibility index (Phi) is 5.68. The van der Waals surface area contributed by atoms with E-state index in [0.29, 0.717) is 0 Å². The van der Waals surface area contributed by atoms with E-state index in [4.69, 9.17) is 0 Å². The van der Waals surface area contributed by atoms with Crippen molar-refractivity contribution in [3.8, 4) is 0 Å². The van der Waals surface area contributed by atoms with Crippen LogP contribution >= 0.6 is 11.8 Å². The van der Waals surface area contributed by atoms with Gasteiger partial charge in [0.15, 0.2) is 0 Å². The number of aliphatic hydroxyl groups is 1. The molecule has 72 valence electrons. The summed E-state index contributed by atoms with van der Waals surface area (Å²) in [5, 5.41) is 9.48. The van der Waals surface area contributed by atoms with Crippen molar-refractivity contribution < 1.29 is 5.11 Å². The number of rotatable bonds is 5. The van der Waals surface area contributed by atoms with Crippen LogP contribution in [-0.4, -0.2) is 21.7 Å². The molecule has 0 fully saturated rings. The Morgan fingerprint density at radius 1 is 1.50 bits per heavy atom. The van der Waals surface area contributed by atoms with E-state index in [1.165, 1.54) is 0 Å². The molecule has 0 rings (SSSR count). The summed E-state index contributed by atoms with van der Waals surface area (Å²) in [4.78, 5) is 0. The molecule has 0 spiro atoms. The number of aliphatic hydroxyl groups excluding tert-OH is 1. The largest absolute Gasteiger partial charge is 0.392 e. The minimum absolute atomic E-state index is 0.174. The Hall–Kier alpha value is 0.0500. The lowest BCUT2D eigenvalue weighted by atomic mass is 10.2. The lowest BCUT2D eigenvalue weighted by Crippen LogP contribution is -2.16. The molecular weight excluding hydrogens is 168 g/mol. The van der Waals surface area contributed by atoms with Gasteiger partial charge in [-0.3, -0.25) is 0 Å². The summed E-state index contributed by atoms with van der Waals surface area (Å²) in [5.74, 6) is 0.831. The number of thioether (sulfide) groups is 1. The Balaban J connectivity index is 3.43. The van der Waals surface area contributed by atoms with Crippen LogP contribution in [0.3, 0.4) is 0 Å². The molecule has 0 saturated carbocycles. The molecule has 0 aromatic heterocycles. The van der Waals surface area contributed by atoms with E-state index in [1.807, 2.05) is 17.8 Å². The fraction of sp³-hybridized carbons (Fsp3) is 0.800. The normalized spacial score (nSPS) is 14.3. The minimum Gasteiger partial charge on any atom is -0.392 e. The van der Waals surface area contributed by atoms with Gasteiger partial charge in [-0.2, -0.15) is 11.8 Å². The highest BCUT2D eigenvalue weighted by Gasteiger charge is 2.13. The van der Waals surface area contributed by atoms with Gasteiger partial charge in [0.05, 0.1) is 6.10 Å². The standard InChI is InChI=1S/C10H20OS/c1-5-6-7-9(11)8-12-10(2,3)4/h5,9,11H,1,6-8H2,2-4H3. The summed E-state index contributed by atoms with van der Waals surface area (Å²) in [6, 6.07) is 0. The van der Waals surface area contributed by atoms with Crippen LogP contribution in [0.1, 0.15) is 33.6 Å². The van der Waals surface area contributed by atoms with Crippen LogP contribution in [0.5, 0.6) is 0 Å². The van der Waals surface area contributed by atoms with Crippen molar-refractivity contribution in [2.45, 2.75) is 44.5 Å². The topological polar surface area (TPSA) is 20.2 Å². The van der Waals surface area contributed by atoms with Gasteiger partial charge in [-0.05, 0) is 12.8 Å². The Labute approximate surface area is 80.3 Å². The molecular formula is C10H20OS. The molecule has 0 aliphatic carbocycles. The van der Waals surface area contributed by atoms with Crippen molar-refractivity contribution in [2.24, 2.45) is 0 Å². The predicted molar refractivity (Wildman–Crippen MR) is 57.6 cm³/mol. The van der Waals surface area contributed by atoms with Crippen LogP contribution in [0.2, 0.25) is 0 Å². The van der Waals surface area contributed by atoms with Gasteiger partial charge in [0, 0.05) is 10.5 Å². The van der Waals surface area contributed by atoms with E-state index in [9.17, 15) is 5.11 Å². The van der Waals surface area contributed by atoms with E-state index in [2.05, 4.69) is 27.4 Å². The number of hydrogen-bond acceptors (Lipinski definition) is 2. The van der Waals surface area contributed by atoms with Crippen molar-refractivity contribution in [3.05, 3.63) is 12.7 Å². The van der Waals surface area contributed by atoms with Crippen molar-refractivity contribution >= 4 is 11.8 Å². The molecule has 1 unspecified atom stereocenters. The average molecular weight is 188 g/mol. The summed E-state index contributed by atoms with van der Waals surface area (Å²) in [5.41, 5.74) is 0. The predicted octanol–water partition coefficient (Wildman–Crippen LogP) is 2.85. The molecule has 0 bridgehead atoms. The summed E-state index contributed by atoms with van der Waals surface area (Å²) < 4.78 is 0.259. The van der Waals surface area contributed by atoms with Gasteiger partial charge >= 0.3 is 0 Å². The molecule has 1 nitrogen and oxygen atoms in total. The first-order valence-electron chi connectivity index (χ1n) is 4.38. The highest BCUT2D eigenvalue weighted by atomic mass is 32.2. The first-order valence-corrected chi connectivity index (χ1v) is 5.37. The molecule has 0 aliphatic heterocycles. The molecule has 1 atom stereocenters. The van der Waals surface area contributed by atoms with E-state index < -0.39 is 0 Å². The minimum atomic E-state index is -0.174. The zero-order chi connectivity index (χ0) is 9.61. The van der Waals surface area contributed by atoms with E-state index in [0.717, 1.165) is 18.6 Å². The third kappa shape index (κ3) is 8.15. The quantitative estimate of drug-likeness (QED) is 0.669. The van der Waals surface area contributed by atoms with E-state index in [-0.39, 0.29) is 10.9 Å². The molecule has 0 aromatic carbocycles. The van der Waals surface area contributed by atoms with Crippen molar-refractivity contribution in [1.29, 1.82) is 0 Å². The summed E-state index contributed by atoms with van der Waals surface area (Å²) >= 11 is 1.81. The van der Waals surface area contributed by atoms with Crippen LogP contribution in [0.4, 0.5) is 0 Å². The molecule has 0 radical (unpaired) electrons. The van der Waals surface area contributed by atoms with Gasteiger partial charge in [0.25, 0.3) is 0 Å². The molecule has 0 heterocycles. The summed E-state index contributed by atoms with van der Waals surface area (Å²) in [6.07, 6.45) is 3.43. The monoisotopic (exact) mass is 188 g/mol. The summed E-state index contributed by atoms with van der Waals surface area (Å²) in [6.45, 7) is 10.1. The second kappa shape index (κ2) is 5.65. The lowest BCUT2D eigenvalue weighted by molar-refractivity contribution is 0.190. The van der Waals surface area contributed by atoms with Gasteiger partial charge in [-0.25, -0.2) is 0 Å². The number of allylic oxidation sites excluding steroid dienone is 1. The zero-order valence-corrected chi connectivity index (χ0v) is 9.16. The third-order valence-corrected chi connectivity index (χ3v) is 2.83. The van der Waals surface area contributed by atoms with E-state index >= 15 is 0 Å². The smallest absolute Gasteiger partial charge is 0.0633 e. The van der Waals surface area contributed by atoms with Crippen LogP contribution in [0.15, 0.2) is 12.7 Å². The molecule has 12 heavy (non-hydrogen) atoms. The Bertz CT molecular complexity index is 126.